The van der Waals surface area contributed by atoms with Crippen molar-refractivity contribution < 1.29 is 9.15 Å². The molecule has 1 heterocycles. The summed E-state index contributed by atoms with van der Waals surface area (Å²) in [4.78, 5) is 0. The maximum atomic E-state index is 5.58. The van der Waals surface area contributed by atoms with E-state index in [0.717, 1.165) is 25.5 Å². The molecule has 112 valence electrons. The zero-order valence-electron chi connectivity index (χ0n) is 12.8. The van der Waals surface area contributed by atoms with Crippen LogP contribution in [-0.2, 0) is 4.74 Å². The van der Waals surface area contributed by atoms with Crippen molar-refractivity contribution in [1.82, 2.24) is 5.32 Å². The molecule has 3 nitrogen and oxygen atoms in total. The second kappa shape index (κ2) is 8.28. The molecule has 1 fully saturated rings. The lowest BCUT2D eigenvalue weighted by molar-refractivity contribution is 0.200. The Bertz CT molecular complexity index is 416. The Hall–Kier alpha value is -1.06. The van der Waals surface area contributed by atoms with Gasteiger partial charge >= 0.3 is 0 Å². The summed E-state index contributed by atoms with van der Waals surface area (Å²) in [6, 6.07) is 2.03. The van der Waals surface area contributed by atoms with Gasteiger partial charge in [0.2, 0.25) is 0 Å². The van der Waals surface area contributed by atoms with E-state index in [1.165, 1.54) is 43.2 Å². The van der Waals surface area contributed by atoms with Crippen molar-refractivity contribution >= 4 is 6.08 Å². The SMILES string of the molecule is COCCNC/C(=C/c1occc1C)C1CCCCC1. The van der Waals surface area contributed by atoms with E-state index < -0.39 is 0 Å². The second-order valence-electron chi connectivity index (χ2n) is 5.69. The number of hydrogen-bond donors (Lipinski definition) is 1. The van der Waals surface area contributed by atoms with Gasteiger partial charge in [-0.15, -0.1) is 0 Å². The summed E-state index contributed by atoms with van der Waals surface area (Å²) in [5, 5.41) is 3.48. The third kappa shape index (κ3) is 4.50. The lowest BCUT2D eigenvalue weighted by atomic mass is 9.83. The minimum Gasteiger partial charge on any atom is -0.465 e. The smallest absolute Gasteiger partial charge is 0.129 e. The van der Waals surface area contributed by atoms with Crippen molar-refractivity contribution in [3.8, 4) is 0 Å². The molecule has 0 spiro atoms. The van der Waals surface area contributed by atoms with E-state index in [2.05, 4.69) is 18.3 Å². The fourth-order valence-corrected chi connectivity index (χ4v) is 2.89. The zero-order valence-corrected chi connectivity index (χ0v) is 12.8. The molecule has 0 unspecified atom stereocenters. The van der Waals surface area contributed by atoms with Crippen LogP contribution < -0.4 is 5.32 Å². The van der Waals surface area contributed by atoms with E-state index >= 15 is 0 Å². The van der Waals surface area contributed by atoms with E-state index in [9.17, 15) is 0 Å². The van der Waals surface area contributed by atoms with Gasteiger partial charge in [-0.3, -0.25) is 0 Å². The van der Waals surface area contributed by atoms with Crippen molar-refractivity contribution in [2.75, 3.05) is 26.8 Å². The molecule has 1 N–H and O–H groups in total. The third-order valence-corrected chi connectivity index (χ3v) is 4.16. The Morgan fingerprint density at radius 1 is 1.40 bits per heavy atom. The Labute approximate surface area is 122 Å². The predicted octanol–water partition coefficient (Wildman–Crippen LogP) is 3.79. The minimum atomic E-state index is 0.711. The molecule has 0 aromatic carbocycles. The lowest BCUT2D eigenvalue weighted by Crippen LogP contribution is -2.25. The highest BCUT2D eigenvalue weighted by molar-refractivity contribution is 5.52. The van der Waals surface area contributed by atoms with Gasteiger partial charge in [0.05, 0.1) is 12.9 Å². The predicted molar refractivity (Wildman–Crippen MR) is 82.7 cm³/mol. The average Bonchev–Trinajstić information content (AvgIpc) is 2.88. The molecule has 1 aliphatic rings. The molecule has 1 aromatic rings. The van der Waals surface area contributed by atoms with Gasteiger partial charge in [0, 0.05) is 20.2 Å². The van der Waals surface area contributed by atoms with Crippen LogP contribution in [0.25, 0.3) is 6.08 Å². The van der Waals surface area contributed by atoms with Crippen molar-refractivity contribution in [3.63, 3.8) is 0 Å². The number of nitrogens with one attached hydrogen (secondary N) is 1. The van der Waals surface area contributed by atoms with Crippen LogP contribution in [0.5, 0.6) is 0 Å². The molecule has 20 heavy (non-hydrogen) atoms. The van der Waals surface area contributed by atoms with E-state index in [0.29, 0.717) is 5.92 Å². The molecule has 3 heteroatoms. The standard InChI is InChI=1S/C17H27NO2/c1-14-8-10-20-17(14)12-16(13-18-9-11-19-2)15-6-4-3-5-7-15/h8,10,12,15,18H,3-7,9,11,13H2,1-2H3/b16-12-. The van der Waals surface area contributed by atoms with Crippen molar-refractivity contribution in [1.29, 1.82) is 0 Å². The molecular formula is C17H27NO2. The number of hydrogen-bond acceptors (Lipinski definition) is 3. The second-order valence-corrected chi connectivity index (χ2v) is 5.69. The summed E-state index contributed by atoms with van der Waals surface area (Å²) in [7, 11) is 1.74. The van der Waals surface area contributed by atoms with E-state index in [1.54, 1.807) is 13.4 Å². The maximum Gasteiger partial charge on any atom is 0.129 e. The number of aryl methyl sites for hydroxylation is 1. The van der Waals surface area contributed by atoms with Gasteiger partial charge in [0.15, 0.2) is 0 Å². The quantitative estimate of drug-likeness (QED) is 0.770. The van der Waals surface area contributed by atoms with Gasteiger partial charge in [0.25, 0.3) is 0 Å². The van der Waals surface area contributed by atoms with Crippen LogP contribution in [0.2, 0.25) is 0 Å². The zero-order chi connectivity index (χ0) is 14.2. The summed E-state index contributed by atoms with van der Waals surface area (Å²) in [5.41, 5.74) is 2.70. The molecular weight excluding hydrogens is 250 g/mol. The van der Waals surface area contributed by atoms with E-state index in [-0.39, 0.29) is 0 Å². The van der Waals surface area contributed by atoms with Crippen LogP contribution in [0, 0.1) is 12.8 Å². The van der Waals surface area contributed by atoms with E-state index in [1.807, 2.05) is 6.07 Å². The molecule has 0 aliphatic heterocycles. The summed E-state index contributed by atoms with van der Waals surface area (Å²) in [6.45, 7) is 4.70. The molecule has 2 rings (SSSR count). The van der Waals surface area contributed by atoms with Gasteiger partial charge in [-0.2, -0.15) is 0 Å². The molecule has 0 atom stereocenters. The van der Waals surface area contributed by atoms with Crippen LogP contribution in [0.3, 0.4) is 0 Å². The summed E-state index contributed by atoms with van der Waals surface area (Å²) in [6.07, 6.45) is 10.8. The molecule has 1 aliphatic carbocycles. The lowest BCUT2D eigenvalue weighted by Gasteiger charge is -2.25. The highest BCUT2D eigenvalue weighted by atomic mass is 16.5. The third-order valence-electron chi connectivity index (χ3n) is 4.16. The fourth-order valence-electron chi connectivity index (χ4n) is 2.89. The van der Waals surface area contributed by atoms with Gasteiger partial charge in [-0.05, 0) is 49.0 Å². The number of methoxy groups -OCH3 is 1. The van der Waals surface area contributed by atoms with Crippen molar-refractivity contribution in [2.24, 2.45) is 5.92 Å². The highest BCUT2D eigenvalue weighted by Gasteiger charge is 2.18. The number of ether oxygens (including phenoxy) is 1. The fraction of sp³-hybridized carbons (Fsp3) is 0.647. The molecule has 1 aromatic heterocycles. The van der Waals surface area contributed by atoms with Gasteiger partial charge in [-0.1, -0.05) is 19.3 Å². The molecule has 0 bridgehead atoms. The first-order chi connectivity index (χ1) is 9.81. The highest BCUT2D eigenvalue weighted by Crippen LogP contribution is 2.31. The topological polar surface area (TPSA) is 34.4 Å². The normalized spacial score (nSPS) is 17.6. The van der Waals surface area contributed by atoms with E-state index in [4.69, 9.17) is 9.15 Å². The maximum absolute atomic E-state index is 5.58. The Morgan fingerprint density at radius 3 is 2.85 bits per heavy atom. The first-order valence-electron chi connectivity index (χ1n) is 7.75. The number of rotatable bonds is 7. The van der Waals surface area contributed by atoms with Crippen LogP contribution >= 0.6 is 0 Å². The summed E-state index contributed by atoms with van der Waals surface area (Å²) < 4.78 is 10.7. The summed E-state index contributed by atoms with van der Waals surface area (Å²) >= 11 is 0. The van der Waals surface area contributed by atoms with Crippen LogP contribution in [0.15, 0.2) is 22.3 Å². The Balaban J connectivity index is 2.02. The molecule has 0 amide bonds. The summed E-state index contributed by atoms with van der Waals surface area (Å²) in [5.74, 6) is 1.72. The van der Waals surface area contributed by atoms with Crippen LogP contribution in [-0.4, -0.2) is 26.8 Å². The minimum absolute atomic E-state index is 0.711. The molecule has 0 saturated heterocycles. The number of furan rings is 1. The monoisotopic (exact) mass is 277 g/mol. The van der Waals surface area contributed by atoms with Crippen LogP contribution in [0.1, 0.15) is 43.4 Å². The first-order valence-corrected chi connectivity index (χ1v) is 7.75. The van der Waals surface area contributed by atoms with Crippen molar-refractivity contribution in [2.45, 2.75) is 39.0 Å². The average molecular weight is 277 g/mol. The van der Waals surface area contributed by atoms with Gasteiger partial charge < -0.3 is 14.5 Å². The van der Waals surface area contributed by atoms with Crippen LogP contribution in [0.4, 0.5) is 0 Å². The van der Waals surface area contributed by atoms with Crippen molar-refractivity contribution in [3.05, 3.63) is 29.2 Å². The molecule has 1 saturated carbocycles. The Morgan fingerprint density at radius 2 is 2.20 bits per heavy atom. The van der Waals surface area contributed by atoms with Gasteiger partial charge in [-0.25, -0.2) is 0 Å². The van der Waals surface area contributed by atoms with Gasteiger partial charge in [0.1, 0.15) is 5.76 Å². The first kappa shape index (κ1) is 15.3. The molecule has 0 radical (unpaired) electrons. The largest absolute Gasteiger partial charge is 0.465 e. The Kier molecular flexibility index (Phi) is 6.34.